The van der Waals surface area contributed by atoms with E-state index in [0.29, 0.717) is 12.8 Å². The molecule has 0 heterocycles. The molecule has 0 saturated carbocycles. The van der Waals surface area contributed by atoms with E-state index < -0.39 is 5.97 Å². The van der Waals surface area contributed by atoms with Gasteiger partial charge in [-0.05, 0) is 37.1 Å². The van der Waals surface area contributed by atoms with Crippen molar-refractivity contribution in [2.24, 2.45) is 5.92 Å². The molecular formula is C16H25NO2. The Morgan fingerprint density at radius 3 is 2.05 bits per heavy atom. The molecule has 1 aromatic carbocycles. The van der Waals surface area contributed by atoms with E-state index in [0.717, 1.165) is 25.2 Å². The number of carbonyl (C=O) groups is 1. The van der Waals surface area contributed by atoms with Gasteiger partial charge in [-0.2, -0.15) is 0 Å². The first kappa shape index (κ1) is 15.7. The second-order valence-corrected chi connectivity index (χ2v) is 4.93. The van der Waals surface area contributed by atoms with Crippen LogP contribution in [0.15, 0.2) is 24.3 Å². The summed E-state index contributed by atoms with van der Waals surface area (Å²) in [6.45, 7) is 9.31. The quantitative estimate of drug-likeness (QED) is 0.783. The SMILES string of the molecule is CCC(Cc1ccc(CN(CC)CC)cc1)C(=O)O. The van der Waals surface area contributed by atoms with Gasteiger partial charge in [-0.1, -0.05) is 45.0 Å². The molecule has 1 N–H and O–H groups in total. The molecule has 19 heavy (non-hydrogen) atoms. The molecule has 1 atom stereocenters. The smallest absolute Gasteiger partial charge is 0.306 e. The van der Waals surface area contributed by atoms with Crippen LogP contribution in [0.3, 0.4) is 0 Å². The maximum absolute atomic E-state index is 11.0. The highest BCUT2D eigenvalue weighted by molar-refractivity contribution is 5.70. The van der Waals surface area contributed by atoms with Gasteiger partial charge in [0.2, 0.25) is 0 Å². The van der Waals surface area contributed by atoms with Crippen LogP contribution in [0.4, 0.5) is 0 Å². The fraction of sp³-hybridized carbons (Fsp3) is 0.562. The summed E-state index contributed by atoms with van der Waals surface area (Å²) >= 11 is 0. The van der Waals surface area contributed by atoms with Crippen LogP contribution in [0.25, 0.3) is 0 Å². The lowest BCUT2D eigenvalue weighted by Crippen LogP contribution is -2.22. The Bertz CT molecular complexity index is 382. The number of hydrogen-bond acceptors (Lipinski definition) is 2. The largest absolute Gasteiger partial charge is 0.481 e. The minimum absolute atomic E-state index is 0.270. The maximum Gasteiger partial charge on any atom is 0.306 e. The van der Waals surface area contributed by atoms with Crippen molar-refractivity contribution in [3.05, 3.63) is 35.4 Å². The molecule has 3 heteroatoms. The van der Waals surface area contributed by atoms with Gasteiger partial charge in [-0.15, -0.1) is 0 Å². The van der Waals surface area contributed by atoms with Gasteiger partial charge in [0.25, 0.3) is 0 Å². The Balaban J connectivity index is 2.63. The van der Waals surface area contributed by atoms with Crippen molar-refractivity contribution in [2.75, 3.05) is 13.1 Å². The Labute approximate surface area is 116 Å². The van der Waals surface area contributed by atoms with Crippen LogP contribution in [0.5, 0.6) is 0 Å². The number of carboxylic acid groups (broad SMARTS) is 1. The first-order valence-corrected chi connectivity index (χ1v) is 7.13. The second-order valence-electron chi connectivity index (χ2n) is 4.93. The molecule has 0 amide bonds. The van der Waals surface area contributed by atoms with E-state index in [1.807, 2.05) is 6.92 Å². The predicted molar refractivity (Wildman–Crippen MR) is 78.2 cm³/mol. The average molecular weight is 263 g/mol. The predicted octanol–water partition coefficient (Wildman–Crippen LogP) is 3.18. The molecule has 0 aromatic heterocycles. The van der Waals surface area contributed by atoms with Crippen molar-refractivity contribution < 1.29 is 9.90 Å². The molecule has 0 bridgehead atoms. The van der Waals surface area contributed by atoms with E-state index in [2.05, 4.69) is 43.0 Å². The molecule has 0 aliphatic rings. The fourth-order valence-corrected chi connectivity index (χ4v) is 2.18. The number of benzene rings is 1. The molecule has 0 aliphatic heterocycles. The summed E-state index contributed by atoms with van der Waals surface area (Å²) in [6.07, 6.45) is 1.30. The Morgan fingerprint density at radius 1 is 1.11 bits per heavy atom. The molecular weight excluding hydrogens is 238 g/mol. The van der Waals surface area contributed by atoms with Gasteiger partial charge in [0.15, 0.2) is 0 Å². The zero-order valence-electron chi connectivity index (χ0n) is 12.2. The third kappa shape index (κ3) is 5.03. The topological polar surface area (TPSA) is 40.5 Å². The molecule has 1 unspecified atom stereocenters. The maximum atomic E-state index is 11.0. The summed E-state index contributed by atoms with van der Waals surface area (Å²) in [4.78, 5) is 13.4. The van der Waals surface area contributed by atoms with E-state index in [1.54, 1.807) is 0 Å². The molecule has 1 rings (SSSR count). The fourth-order valence-electron chi connectivity index (χ4n) is 2.18. The van der Waals surface area contributed by atoms with Crippen LogP contribution in [0.1, 0.15) is 38.3 Å². The number of carboxylic acids is 1. The normalized spacial score (nSPS) is 12.6. The highest BCUT2D eigenvalue weighted by atomic mass is 16.4. The standard InChI is InChI=1S/C16H25NO2/c1-4-15(16(18)19)11-13-7-9-14(10-8-13)12-17(5-2)6-3/h7-10,15H,4-6,11-12H2,1-3H3,(H,18,19). The Morgan fingerprint density at radius 2 is 1.63 bits per heavy atom. The van der Waals surface area contributed by atoms with Crippen LogP contribution in [0, 0.1) is 5.92 Å². The van der Waals surface area contributed by atoms with E-state index in [-0.39, 0.29) is 5.92 Å². The zero-order chi connectivity index (χ0) is 14.3. The molecule has 0 saturated heterocycles. The van der Waals surface area contributed by atoms with Gasteiger partial charge in [-0.25, -0.2) is 0 Å². The molecule has 1 aromatic rings. The molecule has 0 spiro atoms. The minimum atomic E-state index is -0.699. The molecule has 0 radical (unpaired) electrons. The van der Waals surface area contributed by atoms with Crippen LogP contribution >= 0.6 is 0 Å². The van der Waals surface area contributed by atoms with Crippen LogP contribution in [-0.4, -0.2) is 29.1 Å². The van der Waals surface area contributed by atoms with Gasteiger partial charge < -0.3 is 5.11 Å². The van der Waals surface area contributed by atoms with Crippen molar-refractivity contribution in [1.29, 1.82) is 0 Å². The van der Waals surface area contributed by atoms with Crippen molar-refractivity contribution in [3.63, 3.8) is 0 Å². The molecule has 3 nitrogen and oxygen atoms in total. The highest BCUT2D eigenvalue weighted by Crippen LogP contribution is 2.14. The first-order valence-electron chi connectivity index (χ1n) is 7.13. The average Bonchev–Trinajstić information content (AvgIpc) is 2.43. The van der Waals surface area contributed by atoms with Crippen molar-refractivity contribution >= 4 is 5.97 Å². The Kier molecular flexibility index (Phi) is 6.57. The minimum Gasteiger partial charge on any atom is -0.481 e. The summed E-state index contributed by atoms with van der Waals surface area (Å²) in [5, 5.41) is 9.07. The summed E-state index contributed by atoms with van der Waals surface area (Å²) in [5.41, 5.74) is 2.40. The number of aliphatic carboxylic acids is 1. The van der Waals surface area contributed by atoms with Crippen molar-refractivity contribution in [2.45, 2.75) is 40.2 Å². The van der Waals surface area contributed by atoms with Crippen molar-refractivity contribution in [1.82, 2.24) is 4.90 Å². The van der Waals surface area contributed by atoms with E-state index in [1.165, 1.54) is 5.56 Å². The van der Waals surface area contributed by atoms with E-state index in [9.17, 15) is 4.79 Å². The first-order chi connectivity index (χ1) is 9.10. The molecule has 0 fully saturated rings. The van der Waals surface area contributed by atoms with Gasteiger partial charge in [0.1, 0.15) is 0 Å². The summed E-state index contributed by atoms with van der Waals surface area (Å²) in [5.74, 6) is -0.969. The summed E-state index contributed by atoms with van der Waals surface area (Å²) in [6, 6.07) is 8.35. The lowest BCUT2D eigenvalue weighted by atomic mass is 9.96. The Hall–Kier alpha value is -1.35. The monoisotopic (exact) mass is 263 g/mol. The summed E-state index contributed by atoms with van der Waals surface area (Å²) < 4.78 is 0. The highest BCUT2D eigenvalue weighted by Gasteiger charge is 2.15. The number of nitrogens with zero attached hydrogens (tertiary/aromatic N) is 1. The lowest BCUT2D eigenvalue weighted by molar-refractivity contribution is -0.141. The van der Waals surface area contributed by atoms with Gasteiger partial charge in [-0.3, -0.25) is 9.69 Å². The van der Waals surface area contributed by atoms with Gasteiger partial charge in [0, 0.05) is 6.54 Å². The molecule has 106 valence electrons. The third-order valence-corrected chi connectivity index (χ3v) is 3.65. The lowest BCUT2D eigenvalue weighted by Gasteiger charge is -2.18. The number of hydrogen-bond donors (Lipinski definition) is 1. The van der Waals surface area contributed by atoms with Crippen LogP contribution in [0.2, 0.25) is 0 Å². The third-order valence-electron chi connectivity index (χ3n) is 3.65. The van der Waals surface area contributed by atoms with E-state index >= 15 is 0 Å². The zero-order valence-corrected chi connectivity index (χ0v) is 12.2. The van der Waals surface area contributed by atoms with Gasteiger partial charge in [0.05, 0.1) is 5.92 Å². The summed E-state index contributed by atoms with van der Waals surface area (Å²) in [7, 11) is 0. The number of rotatable bonds is 8. The van der Waals surface area contributed by atoms with Gasteiger partial charge >= 0.3 is 5.97 Å². The second kappa shape index (κ2) is 7.95. The van der Waals surface area contributed by atoms with E-state index in [4.69, 9.17) is 5.11 Å². The van der Waals surface area contributed by atoms with Crippen LogP contribution in [-0.2, 0) is 17.8 Å². The van der Waals surface area contributed by atoms with Crippen molar-refractivity contribution in [3.8, 4) is 0 Å². The van der Waals surface area contributed by atoms with Crippen LogP contribution < -0.4 is 0 Å². The molecule has 0 aliphatic carbocycles.